The molecule has 0 spiro atoms. The van der Waals surface area contributed by atoms with E-state index >= 15 is 0 Å². The largest absolute Gasteiger partial charge is 0.492 e. The third-order valence-electron chi connectivity index (χ3n) is 3.43. The van der Waals surface area contributed by atoms with Gasteiger partial charge in [-0.2, -0.15) is 0 Å². The maximum absolute atomic E-state index is 12.1. The van der Waals surface area contributed by atoms with Crippen molar-refractivity contribution in [2.24, 2.45) is 0 Å². The Morgan fingerprint density at radius 1 is 1.03 bits per heavy atom. The van der Waals surface area contributed by atoms with Crippen LogP contribution in [0.25, 0.3) is 0 Å². The molecule has 1 rings (SSSR count). The predicted octanol–water partition coefficient (Wildman–Crippen LogP) is 1.76. The van der Waals surface area contributed by atoms with Gasteiger partial charge in [-0.15, -0.1) is 0 Å². The summed E-state index contributed by atoms with van der Waals surface area (Å²) in [5.41, 5.74) is 0. The summed E-state index contributed by atoms with van der Waals surface area (Å²) in [7, 11) is 3.97. The molecular formula is C20H31N3O6. The van der Waals surface area contributed by atoms with Crippen LogP contribution in [0.3, 0.4) is 0 Å². The van der Waals surface area contributed by atoms with Crippen molar-refractivity contribution in [1.82, 2.24) is 15.1 Å². The van der Waals surface area contributed by atoms with Crippen molar-refractivity contribution in [3.05, 3.63) is 42.5 Å². The zero-order chi connectivity index (χ0) is 22.2. The number of carbonyl (C=O) groups is 3. The summed E-state index contributed by atoms with van der Waals surface area (Å²) in [6.45, 7) is 6.55. The summed E-state index contributed by atoms with van der Waals surface area (Å²) in [5, 5.41) is 18.6. The summed E-state index contributed by atoms with van der Waals surface area (Å²) in [6, 6.07) is 9.75. The molecular weight excluding hydrogens is 378 g/mol. The minimum Gasteiger partial charge on any atom is -0.492 e. The molecule has 0 aliphatic heterocycles. The number of rotatable bonds is 10. The van der Waals surface area contributed by atoms with Gasteiger partial charge in [0, 0.05) is 31.3 Å². The molecule has 0 unspecified atom stereocenters. The molecule has 0 aromatic heterocycles. The SMILES string of the molecule is CC(C)N(CCOc1ccccc1)C(=O)NCCN(C)C.O=C(O)C=CC(=O)O. The van der Waals surface area contributed by atoms with Crippen molar-refractivity contribution in [3.8, 4) is 5.75 Å². The minimum atomic E-state index is -1.26. The highest BCUT2D eigenvalue weighted by Gasteiger charge is 2.16. The van der Waals surface area contributed by atoms with E-state index in [4.69, 9.17) is 14.9 Å². The first kappa shape index (κ1) is 25.9. The van der Waals surface area contributed by atoms with Crippen LogP contribution in [0, 0.1) is 0 Å². The van der Waals surface area contributed by atoms with Gasteiger partial charge < -0.3 is 30.1 Å². The fourth-order valence-electron chi connectivity index (χ4n) is 2.00. The molecule has 0 aliphatic rings. The molecule has 0 aliphatic carbocycles. The lowest BCUT2D eigenvalue weighted by atomic mass is 10.3. The number of likely N-dealkylation sites (N-methyl/N-ethyl adjacent to an activating group) is 1. The molecule has 0 saturated heterocycles. The van der Waals surface area contributed by atoms with E-state index in [-0.39, 0.29) is 12.1 Å². The lowest BCUT2D eigenvalue weighted by Crippen LogP contribution is -2.47. The second-order valence-corrected chi connectivity index (χ2v) is 6.49. The van der Waals surface area contributed by atoms with Crippen LogP contribution in [0.2, 0.25) is 0 Å². The first-order chi connectivity index (χ1) is 13.6. The molecule has 0 bridgehead atoms. The smallest absolute Gasteiger partial charge is 0.328 e. The number of aliphatic carboxylic acids is 2. The van der Waals surface area contributed by atoms with E-state index in [2.05, 4.69) is 5.32 Å². The number of urea groups is 1. The van der Waals surface area contributed by atoms with E-state index in [0.717, 1.165) is 12.3 Å². The van der Waals surface area contributed by atoms with Gasteiger partial charge in [0.15, 0.2) is 0 Å². The van der Waals surface area contributed by atoms with Crippen molar-refractivity contribution in [2.75, 3.05) is 40.3 Å². The highest BCUT2D eigenvalue weighted by molar-refractivity contribution is 5.89. The number of amides is 2. The topological polar surface area (TPSA) is 119 Å². The Balaban J connectivity index is 0.000000828. The number of nitrogens with zero attached hydrogens (tertiary/aromatic N) is 2. The molecule has 9 nitrogen and oxygen atoms in total. The van der Waals surface area contributed by atoms with Crippen LogP contribution in [0.4, 0.5) is 4.79 Å². The monoisotopic (exact) mass is 409 g/mol. The van der Waals surface area contributed by atoms with Crippen molar-refractivity contribution >= 4 is 18.0 Å². The van der Waals surface area contributed by atoms with Crippen molar-refractivity contribution in [1.29, 1.82) is 0 Å². The second-order valence-electron chi connectivity index (χ2n) is 6.49. The standard InChI is InChI=1S/C16H27N3O2.C4H4O4/c1-14(2)19(16(20)17-10-11-18(3)4)12-13-21-15-8-6-5-7-9-15;5-3(6)1-2-4(7)8/h5-9,14H,10-13H2,1-4H3,(H,17,20);1-2H,(H,5,6)(H,7,8). The first-order valence-corrected chi connectivity index (χ1v) is 9.14. The molecule has 29 heavy (non-hydrogen) atoms. The number of carboxylic acid groups (broad SMARTS) is 2. The number of hydrogen-bond donors (Lipinski definition) is 3. The van der Waals surface area contributed by atoms with Crippen molar-refractivity contribution in [3.63, 3.8) is 0 Å². The Labute approximate surface area is 171 Å². The first-order valence-electron chi connectivity index (χ1n) is 9.14. The van der Waals surface area contributed by atoms with Crippen molar-refractivity contribution < 1.29 is 29.3 Å². The van der Waals surface area contributed by atoms with Gasteiger partial charge in [-0.3, -0.25) is 0 Å². The number of hydrogen-bond acceptors (Lipinski definition) is 5. The summed E-state index contributed by atoms with van der Waals surface area (Å²) in [4.78, 5) is 35.1. The van der Waals surface area contributed by atoms with E-state index in [9.17, 15) is 14.4 Å². The van der Waals surface area contributed by atoms with E-state index < -0.39 is 11.9 Å². The van der Waals surface area contributed by atoms with Crippen LogP contribution in [-0.4, -0.2) is 84.4 Å². The number of para-hydroxylation sites is 1. The summed E-state index contributed by atoms with van der Waals surface area (Å²) < 4.78 is 5.65. The lowest BCUT2D eigenvalue weighted by Gasteiger charge is -2.27. The van der Waals surface area contributed by atoms with Gasteiger partial charge in [-0.25, -0.2) is 14.4 Å². The molecule has 0 atom stereocenters. The Bertz CT molecular complexity index is 631. The molecule has 0 heterocycles. The average molecular weight is 409 g/mol. The van der Waals surface area contributed by atoms with E-state index in [1.165, 1.54) is 0 Å². The Hall–Kier alpha value is -3.07. The van der Waals surface area contributed by atoms with Gasteiger partial charge >= 0.3 is 18.0 Å². The minimum absolute atomic E-state index is 0.0384. The molecule has 162 valence electrons. The highest BCUT2D eigenvalue weighted by atomic mass is 16.5. The quantitative estimate of drug-likeness (QED) is 0.504. The van der Waals surface area contributed by atoms with E-state index in [1.807, 2.05) is 63.2 Å². The molecule has 2 amide bonds. The average Bonchev–Trinajstić information content (AvgIpc) is 2.64. The Morgan fingerprint density at radius 3 is 2.03 bits per heavy atom. The second kappa shape index (κ2) is 14.9. The van der Waals surface area contributed by atoms with Crippen LogP contribution in [0.15, 0.2) is 42.5 Å². The molecule has 1 aromatic rings. The molecule has 0 saturated carbocycles. The molecule has 9 heteroatoms. The lowest BCUT2D eigenvalue weighted by molar-refractivity contribution is -0.134. The number of benzene rings is 1. The van der Waals surface area contributed by atoms with Crippen LogP contribution >= 0.6 is 0 Å². The fraction of sp³-hybridized carbons (Fsp3) is 0.450. The maximum Gasteiger partial charge on any atom is 0.328 e. The maximum atomic E-state index is 12.1. The Kier molecular flexibility index (Phi) is 13.3. The number of ether oxygens (including phenoxy) is 1. The van der Waals surface area contributed by atoms with Crippen molar-refractivity contribution in [2.45, 2.75) is 19.9 Å². The normalized spacial score (nSPS) is 10.4. The van der Waals surface area contributed by atoms with Gasteiger partial charge in [-0.05, 0) is 40.1 Å². The zero-order valence-corrected chi connectivity index (χ0v) is 17.4. The van der Waals surface area contributed by atoms with Crippen LogP contribution in [-0.2, 0) is 9.59 Å². The summed E-state index contributed by atoms with van der Waals surface area (Å²) in [6.07, 6.45) is 1.12. The number of carbonyl (C=O) groups excluding carboxylic acids is 1. The van der Waals surface area contributed by atoms with Gasteiger partial charge in [0.25, 0.3) is 0 Å². The van der Waals surface area contributed by atoms with Crippen LogP contribution in [0.1, 0.15) is 13.8 Å². The number of carboxylic acids is 2. The van der Waals surface area contributed by atoms with Crippen LogP contribution in [0.5, 0.6) is 5.75 Å². The zero-order valence-electron chi connectivity index (χ0n) is 17.4. The molecule has 1 aromatic carbocycles. The van der Waals surface area contributed by atoms with E-state index in [0.29, 0.717) is 31.8 Å². The highest BCUT2D eigenvalue weighted by Crippen LogP contribution is 2.08. The van der Waals surface area contributed by atoms with Crippen LogP contribution < -0.4 is 10.1 Å². The fourth-order valence-corrected chi connectivity index (χ4v) is 2.00. The van der Waals surface area contributed by atoms with E-state index in [1.54, 1.807) is 4.90 Å². The van der Waals surface area contributed by atoms with Gasteiger partial charge in [-0.1, -0.05) is 18.2 Å². The van der Waals surface area contributed by atoms with Gasteiger partial charge in [0.05, 0.1) is 6.54 Å². The summed E-state index contributed by atoms with van der Waals surface area (Å²) in [5.74, 6) is -1.69. The molecule has 3 N–H and O–H groups in total. The number of nitrogens with one attached hydrogen (secondary N) is 1. The van der Waals surface area contributed by atoms with Gasteiger partial charge in [0.1, 0.15) is 12.4 Å². The van der Waals surface area contributed by atoms with Gasteiger partial charge in [0.2, 0.25) is 0 Å². The third kappa shape index (κ3) is 14.6. The molecule has 0 fully saturated rings. The third-order valence-corrected chi connectivity index (χ3v) is 3.43. The molecule has 0 radical (unpaired) electrons. The predicted molar refractivity (Wildman–Crippen MR) is 110 cm³/mol. The summed E-state index contributed by atoms with van der Waals surface area (Å²) >= 11 is 0. The Morgan fingerprint density at radius 2 is 1.59 bits per heavy atom.